The minimum absolute atomic E-state index is 0.451. The molecule has 0 fully saturated rings. The van der Waals surface area contributed by atoms with E-state index in [0.29, 0.717) is 6.54 Å². The van der Waals surface area contributed by atoms with Crippen molar-refractivity contribution >= 4 is 45.3 Å². The quantitative estimate of drug-likeness (QED) is 0.382. The number of benzene rings is 2. The Balaban J connectivity index is 2.09. The van der Waals surface area contributed by atoms with Crippen LogP contribution >= 0.6 is 15.9 Å². The van der Waals surface area contributed by atoms with Gasteiger partial charge >= 0.3 is 11.8 Å². The number of halogens is 1. The molecule has 0 heterocycles. The number of carbonyl (C=O) groups excluding carboxylic acids is 2. The fraction of sp³-hybridized carbons (Fsp3) is 0.211. The molecule has 0 spiro atoms. The Morgan fingerprint density at radius 3 is 2.69 bits per heavy atom. The number of hydrazone groups is 1. The molecule has 7 heteroatoms. The normalized spacial score (nSPS) is 10.6. The number of hydrogen-bond acceptors (Lipinski definition) is 4. The van der Waals surface area contributed by atoms with E-state index in [1.807, 2.05) is 56.3 Å². The number of rotatable bonds is 6. The van der Waals surface area contributed by atoms with Gasteiger partial charge in [0.2, 0.25) is 0 Å². The second-order valence-corrected chi connectivity index (χ2v) is 6.60. The fourth-order valence-electron chi connectivity index (χ4n) is 2.16. The fourth-order valence-corrected chi connectivity index (χ4v) is 2.54. The molecule has 2 aromatic carbocycles. The smallest absolute Gasteiger partial charge is 0.329 e. The van der Waals surface area contributed by atoms with Crippen molar-refractivity contribution in [2.45, 2.75) is 20.3 Å². The van der Waals surface area contributed by atoms with Crippen LogP contribution in [0.5, 0.6) is 0 Å². The van der Waals surface area contributed by atoms with E-state index in [-0.39, 0.29) is 0 Å². The minimum atomic E-state index is -0.794. The summed E-state index contributed by atoms with van der Waals surface area (Å²) in [5.74, 6) is -1.49. The van der Waals surface area contributed by atoms with E-state index in [0.717, 1.165) is 33.4 Å². The number of hydrogen-bond donors (Lipinski definition) is 3. The van der Waals surface area contributed by atoms with Crippen LogP contribution in [0.25, 0.3) is 0 Å². The molecule has 0 saturated carbocycles. The Kier molecular flexibility index (Phi) is 7.35. The van der Waals surface area contributed by atoms with Crippen molar-refractivity contribution < 1.29 is 9.59 Å². The zero-order valence-electron chi connectivity index (χ0n) is 14.7. The van der Waals surface area contributed by atoms with E-state index in [1.165, 1.54) is 6.21 Å². The number of amides is 2. The highest BCUT2D eigenvalue weighted by Gasteiger charge is 2.11. The molecular formula is C19H21BrN4O2. The first-order valence-corrected chi connectivity index (χ1v) is 9.03. The standard InChI is InChI=1S/C19H21BrN4O2/c1-3-9-21-18(25)19(26)24-22-12-14-11-15(20)7-8-17(14)23-16-6-4-5-13(2)10-16/h4-8,10-12,23H,3,9H2,1-2H3,(H,21,25)(H,24,26)/b22-12-. The third-order valence-corrected chi connectivity index (χ3v) is 3.92. The summed E-state index contributed by atoms with van der Waals surface area (Å²) >= 11 is 3.42. The summed E-state index contributed by atoms with van der Waals surface area (Å²) in [7, 11) is 0. The molecule has 0 atom stereocenters. The lowest BCUT2D eigenvalue weighted by molar-refractivity contribution is -0.139. The minimum Gasteiger partial charge on any atom is -0.355 e. The molecular weight excluding hydrogens is 396 g/mol. The number of nitrogens with zero attached hydrogens (tertiary/aromatic N) is 1. The molecule has 0 bridgehead atoms. The van der Waals surface area contributed by atoms with Crippen molar-refractivity contribution in [3.8, 4) is 0 Å². The number of nitrogens with one attached hydrogen (secondary N) is 3. The van der Waals surface area contributed by atoms with Gasteiger partial charge in [0.25, 0.3) is 0 Å². The zero-order valence-corrected chi connectivity index (χ0v) is 16.3. The summed E-state index contributed by atoms with van der Waals surface area (Å²) < 4.78 is 0.876. The van der Waals surface area contributed by atoms with E-state index in [4.69, 9.17) is 0 Å². The predicted molar refractivity (Wildman–Crippen MR) is 108 cm³/mol. The van der Waals surface area contributed by atoms with E-state index in [9.17, 15) is 9.59 Å². The first-order chi connectivity index (χ1) is 12.5. The van der Waals surface area contributed by atoms with Gasteiger partial charge in [0.15, 0.2) is 0 Å². The van der Waals surface area contributed by atoms with Crippen molar-refractivity contribution in [3.63, 3.8) is 0 Å². The van der Waals surface area contributed by atoms with Gasteiger partial charge in [-0.2, -0.15) is 5.10 Å². The van der Waals surface area contributed by atoms with Gasteiger partial charge in [0.05, 0.1) is 6.21 Å². The molecule has 0 aliphatic carbocycles. The summed E-state index contributed by atoms with van der Waals surface area (Å²) in [5, 5.41) is 9.71. The molecule has 136 valence electrons. The predicted octanol–water partition coefficient (Wildman–Crippen LogP) is 3.48. The van der Waals surface area contributed by atoms with Crippen molar-refractivity contribution in [2.24, 2.45) is 5.10 Å². The summed E-state index contributed by atoms with van der Waals surface area (Å²) in [6.45, 7) is 4.38. The van der Waals surface area contributed by atoms with E-state index in [1.54, 1.807) is 0 Å². The maximum atomic E-state index is 11.7. The molecule has 0 aliphatic heterocycles. The third kappa shape index (κ3) is 6.00. The molecule has 3 N–H and O–H groups in total. The van der Waals surface area contributed by atoms with Crippen molar-refractivity contribution in [1.82, 2.24) is 10.7 Å². The van der Waals surface area contributed by atoms with E-state index < -0.39 is 11.8 Å². The van der Waals surface area contributed by atoms with Crippen LogP contribution in [-0.4, -0.2) is 24.6 Å². The molecule has 0 saturated heterocycles. The lowest BCUT2D eigenvalue weighted by Crippen LogP contribution is -2.38. The average molecular weight is 417 g/mol. The monoisotopic (exact) mass is 416 g/mol. The van der Waals surface area contributed by atoms with Crippen molar-refractivity contribution in [3.05, 3.63) is 58.1 Å². The maximum Gasteiger partial charge on any atom is 0.329 e. The van der Waals surface area contributed by atoms with E-state index >= 15 is 0 Å². The van der Waals surface area contributed by atoms with Crippen LogP contribution < -0.4 is 16.1 Å². The van der Waals surface area contributed by atoms with Crippen molar-refractivity contribution in [1.29, 1.82) is 0 Å². The Hall–Kier alpha value is -2.67. The topological polar surface area (TPSA) is 82.6 Å². The molecule has 2 amide bonds. The molecule has 0 radical (unpaired) electrons. The van der Waals surface area contributed by atoms with Gasteiger partial charge < -0.3 is 10.6 Å². The highest BCUT2D eigenvalue weighted by Crippen LogP contribution is 2.23. The van der Waals surface area contributed by atoms with Gasteiger partial charge in [-0.25, -0.2) is 5.43 Å². The van der Waals surface area contributed by atoms with Gasteiger partial charge in [0.1, 0.15) is 0 Å². The van der Waals surface area contributed by atoms with Crippen LogP contribution in [0.3, 0.4) is 0 Å². The van der Waals surface area contributed by atoms with Gasteiger partial charge in [-0.1, -0.05) is 35.0 Å². The average Bonchev–Trinajstić information content (AvgIpc) is 2.61. The molecule has 6 nitrogen and oxygen atoms in total. The Morgan fingerprint density at radius 2 is 1.96 bits per heavy atom. The molecule has 0 aromatic heterocycles. The van der Waals surface area contributed by atoms with E-state index in [2.05, 4.69) is 37.1 Å². The molecule has 0 unspecified atom stereocenters. The Labute approximate surface area is 161 Å². The van der Waals surface area contributed by atoms with Crippen LogP contribution in [-0.2, 0) is 9.59 Å². The molecule has 26 heavy (non-hydrogen) atoms. The first kappa shape index (κ1) is 19.7. The van der Waals surface area contributed by atoms with Gasteiger partial charge in [0, 0.05) is 28.0 Å². The second-order valence-electron chi connectivity index (χ2n) is 5.68. The summed E-state index contributed by atoms with van der Waals surface area (Å²) in [6, 6.07) is 13.7. The maximum absolute atomic E-state index is 11.7. The zero-order chi connectivity index (χ0) is 18.9. The molecule has 2 rings (SSSR count). The SMILES string of the molecule is CCCNC(=O)C(=O)N/N=C\c1cc(Br)ccc1Nc1cccc(C)c1. The van der Waals surface area contributed by atoms with Crippen LogP contribution in [0.2, 0.25) is 0 Å². The summed E-state index contributed by atoms with van der Waals surface area (Å²) in [4.78, 5) is 23.2. The largest absolute Gasteiger partial charge is 0.355 e. The Bertz CT molecular complexity index is 821. The van der Waals surface area contributed by atoms with Crippen LogP contribution in [0.4, 0.5) is 11.4 Å². The molecule has 0 aliphatic rings. The van der Waals surface area contributed by atoms with Crippen LogP contribution in [0.15, 0.2) is 52.0 Å². The van der Waals surface area contributed by atoms with Gasteiger partial charge in [-0.05, 0) is 49.2 Å². The summed E-state index contributed by atoms with van der Waals surface area (Å²) in [5.41, 5.74) is 5.92. The van der Waals surface area contributed by atoms with Gasteiger partial charge in [-0.15, -0.1) is 0 Å². The van der Waals surface area contributed by atoms with Gasteiger partial charge in [-0.3, -0.25) is 9.59 Å². The third-order valence-electron chi connectivity index (χ3n) is 3.42. The number of carbonyl (C=O) groups is 2. The lowest BCUT2D eigenvalue weighted by atomic mass is 10.1. The number of anilines is 2. The van der Waals surface area contributed by atoms with Crippen LogP contribution in [0, 0.1) is 6.92 Å². The second kappa shape index (κ2) is 9.72. The first-order valence-electron chi connectivity index (χ1n) is 8.24. The summed E-state index contributed by atoms with van der Waals surface area (Å²) in [6.07, 6.45) is 2.25. The lowest BCUT2D eigenvalue weighted by Gasteiger charge is -2.10. The van der Waals surface area contributed by atoms with Crippen molar-refractivity contribution in [2.75, 3.05) is 11.9 Å². The highest BCUT2D eigenvalue weighted by molar-refractivity contribution is 9.10. The molecule has 2 aromatic rings. The number of aryl methyl sites for hydroxylation is 1. The Morgan fingerprint density at radius 1 is 1.15 bits per heavy atom. The van der Waals surface area contributed by atoms with Crippen LogP contribution in [0.1, 0.15) is 24.5 Å². The highest BCUT2D eigenvalue weighted by atomic mass is 79.9.